The minimum Gasteiger partial charge on any atom is -0.294 e. The number of hydrogen-bond donors (Lipinski definition) is 0. The van der Waals surface area contributed by atoms with Gasteiger partial charge in [-0.15, -0.1) is 0 Å². The molecule has 0 aliphatic heterocycles. The molecule has 0 unspecified atom stereocenters. The summed E-state index contributed by atoms with van der Waals surface area (Å²) in [7, 11) is 1.72. The predicted octanol–water partition coefficient (Wildman–Crippen LogP) is 1.32. The van der Waals surface area contributed by atoms with Gasteiger partial charge in [0.1, 0.15) is 17.5 Å². The molecule has 3 aromatic rings. The Morgan fingerprint density at radius 3 is 2.89 bits per heavy atom. The zero-order valence-corrected chi connectivity index (χ0v) is 10.2. The molecule has 0 spiro atoms. The molecule has 0 amide bonds. The van der Waals surface area contributed by atoms with Gasteiger partial charge in [0.15, 0.2) is 5.65 Å². The monoisotopic (exact) mass is 258 g/mol. The average molecular weight is 258 g/mol. The van der Waals surface area contributed by atoms with Crippen molar-refractivity contribution in [3.05, 3.63) is 58.5 Å². The molecule has 2 heterocycles. The van der Waals surface area contributed by atoms with Crippen molar-refractivity contribution in [2.75, 3.05) is 0 Å². The molecule has 0 saturated carbocycles. The lowest BCUT2D eigenvalue weighted by Crippen LogP contribution is -2.21. The molecule has 1 aromatic carbocycles. The first kappa shape index (κ1) is 11.6. The average Bonchev–Trinajstić information content (AvgIpc) is 2.78. The summed E-state index contributed by atoms with van der Waals surface area (Å²) in [5, 5.41) is 4.42. The molecule has 0 aliphatic rings. The van der Waals surface area contributed by atoms with Crippen molar-refractivity contribution in [2.24, 2.45) is 7.05 Å². The fourth-order valence-electron chi connectivity index (χ4n) is 1.99. The number of halogens is 1. The lowest BCUT2D eigenvalue weighted by atomic mass is 10.2. The molecule has 96 valence electrons. The van der Waals surface area contributed by atoms with Crippen LogP contribution in [-0.2, 0) is 13.6 Å². The van der Waals surface area contributed by atoms with Crippen LogP contribution in [0.1, 0.15) is 5.56 Å². The predicted molar refractivity (Wildman–Crippen MR) is 68.3 cm³/mol. The van der Waals surface area contributed by atoms with E-state index in [0.717, 1.165) is 0 Å². The molecule has 2 aromatic heterocycles. The Hall–Kier alpha value is -2.50. The van der Waals surface area contributed by atoms with Crippen molar-refractivity contribution >= 4 is 11.0 Å². The van der Waals surface area contributed by atoms with Crippen LogP contribution in [0.4, 0.5) is 4.39 Å². The Morgan fingerprint density at radius 2 is 2.11 bits per heavy atom. The Labute approximate surface area is 107 Å². The first-order chi connectivity index (χ1) is 9.16. The molecule has 0 bridgehead atoms. The highest BCUT2D eigenvalue weighted by Crippen LogP contribution is 2.09. The van der Waals surface area contributed by atoms with E-state index >= 15 is 0 Å². The van der Waals surface area contributed by atoms with Gasteiger partial charge in [-0.3, -0.25) is 14.0 Å². The van der Waals surface area contributed by atoms with Gasteiger partial charge < -0.3 is 0 Å². The van der Waals surface area contributed by atoms with Crippen LogP contribution in [0.25, 0.3) is 11.0 Å². The van der Waals surface area contributed by atoms with Crippen molar-refractivity contribution in [1.82, 2.24) is 19.3 Å². The first-order valence-corrected chi connectivity index (χ1v) is 5.77. The summed E-state index contributed by atoms with van der Waals surface area (Å²) in [6, 6.07) is 6.37. The smallest absolute Gasteiger partial charge is 0.264 e. The third-order valence-corrected chi connectivity index (χ3v) is 3.02. The van der Waals surface area contributed by atoms with E-state index in [9.17, 15) is 9.18 Å². The number of hydrogen-bond acceptors (Lipinski definition) is 3. The topological polar surface area (TPSA) is 52.7 Å². The van der Waals surface area contributed by atoms with Crippen molar-refractivity contribution in [3.8, 4) is 0 Å². The summed E-state index contributed by atoms with van der Waals surface area (Å²) in [6.07, 6.45) is 2.89. The molecular formula is C13H11FN4O. The quantitative estimate of drug-likeness (QED) is 0.696. The van der Waals surface area contributed by atoms with Gasteiger partial charge in [0.25, 0.3) is 5.56 Å². The number of aromatic nitrogens is 4. The molecule has 6 heteroatoms. The van der Waals surface area contributed by atoms with Crippen LogP contribution in [0.5, 0.6) is 0 Å². The van der Waals surface area contributed by atoms with E-state index in [2.05, 4.69) is 10.1 Å². The van der Waals surface area contributed by atoms with Gasteiger partial charge in [-0.05, 0) is 6.07 Å². The molecule has 0 N–H and O–H groups in total. The lowest BCUT2D eigenvalue weighted by Gasteiger charge is -2.06. The van der Waals surface area contributed by atoms with Crippen molar-refractivity contribution in [1.29, 1.82) is 0 Å². The van der Waals surface area contributed by atoms with Gasteiger partial charge in [0.05, 0.1) is 12.7 Å². The summed E-state index contributed by atoms with van der Waals surface area (Å²) in [5.41, 5.74) is 0.755. The summed E-state index contributed by atoms with van der Waals surface area (Å²) >= 11 is 0. The standard InChI is InChI=1S/C13H11FN4O/c1-17-12-10(6-16-17)13(19)18(8-15-12)7-9-4-2-3-5-11(9)14/h2-6,8H,7H2,1H3. The van der Waals surface area contributed by atoms with Gasteiger partial charge in [0, 0.05) is 12.6 Å². The number of fused-ring (bicyclic) bond motifs is 1. The van der Waals surface area contributed by atoms with Crippen molar-refractivity contribution in [2.45, 2.75) is 6.54 Å². The van der Waals surface area contributed by atoms with Crippen molar-refractivity contribution < 1.29 is 4.39 Å². The van der Waals surface area contributed by atoms with E-state index < -0.39 is 0 Å². The van der Waals surface area contributed by atoms with E-state index in [0.29, 0.717) is 16.6 Å². The van der Waals surface area contributed by atoms with Gasteiger partial charge in [-0.25, -0.2) is 9.37 Å². The molecule has 0 radical (unpaired) electrons. The van der Waals surface area contributed by atoms with E-state index in [1.165, 1.54) is 27.8 Å². The zero-order chi connectivity index (χ0) is 13.4. The number of aryl methyl sites for hydroxylation is 1. The number of rotatable bonds is 2. The first-order valence-electron chi connectivity index (χ1n) is 5.77. The summed E-state index contributed by atoms with van der Waals surface area (Å²) in [6.45, 7) is 0.156. The molecule has 0 aliphatic carbocycles. The van der Waals surface area contributed by atoms with E-state index in [4.69, 9.17) is 0 Å². The van der Waals surface area contributed by atoms with Crippen LogP contribution >= 0.6 is 0 Å². The molecule has 5 nitrogen and oxygen atoms in total. The van der Waals surface area contributed by atoms with E-state index in [1.54, 1.807) is 25.2 Å². The fourth-order valence-corrected chi connectivity index (χ4v) is 1.99. The Morgan fingerprint density at radius 1 is 1.32 bits per heavy atom. The zero-order valence-electron chi connectivity index (χ0n) is 10.2. The van der Waals surface area contributed by atoms with Crippen molar-refractivity contribution in [3.63, 3.8) is 0 Å². The highest BCUT2D eigenvalue weighted by Gasteiger charge is 2.09. The van der Waals surface area contributed by atoms with Crippen LogP contribution in [-0.4, -0.2) is 19.3 Å². The highest BCUT2D eigenvalue weighted by molar-refractivity contribution is 5.72. The molecule has 0 saturated heterocycles. The second-order valence-corrected chi connectivity index (χ2v) is 4.27. The molecule has 19 heavy (non-hydrogen) atoms. The van der Waals surface area contributed by atoms with Crippen LogP contribution in [0.15, 0.2) is 41.6 Å². The minimum absolute atomic E-state index is 0.156. The maximum Gasteiger partial charge on any atom is 0.264 e. The maximum absolute atomic E-state index is 13.6. The number of nitrogens with zero attached hydrogens (tertiary/aromatic N) is 4. The third-order valence-electron chi connectivity index (χ3n) is 3.02. The maximum atomic E-state index is 13.6. The largest absolute Gasteiger partial charge is 0.294 e. The van der Waals surface area contributed by atoms with Crippen LogP contribution in [0.3, 0.4) is 0 Å². The van der Waals surface area contributed by atoms with E-state index in [1.807, 2.05) is 0 Å². The normalized spacial score (nSPS) is 11.1. The Bertz CT molecular complexity index is 806. The summed E-state index contributed by atoms with van der Waals surface area (Å²) in [4.78, 5) is 16.4. The molecular weight excluding hydrogens is 247 g/mol. The second-order valence-electron chi connectivity index (χ2n) is 4.27. The SMILES string of the molecule is Cn1ncc2c(=O)n(Cc3ccccc3F)cnc21. The lowest BCUT2D eigenvalue weighted by molar-refractivity contribution is 0.595. The Kier molecular flexibility index (Phi) is 2.63. The molecule has 0 fully saturated rings. The summed E-state index contributed by atoms with van der Waals surface area (Å²) in [5.74, 6) is -0.333. The Balaban J connectivity index is 2.09. The summed E-state index contributed by atoms with van der Waals surface area (Å²) < 4.78 is 16.5. The van der Waals surface area contributed by atoms with E-state index in [-0.39, 0.29) is 17.9 Å². The second kappa shape index (κ2) is 4.31. The fraction of sp³-hybridized carbons (Fsp3) is 0.154. The van der Waals surface area contributed by atoms with Gasteiger partial charge >= 0.3 is 0 Å². The van der Waals surface area contributed by atoms with Gasteiger partial charge in [-0.2, -0.15) is 5.10 Å². The van der Waals surface area contributed by atoms with Crippen LogP contribution in [0.2, 0.25) is 0 Å². The van der Waals surface area contributed by atoms with Crippen LogP contribution < -0.4 is 5.56 Å². The van der Waals surface area contributed by atoms with Gasteiger partial charge in [0.2, 0.25) is 0 Å². The molecule has 3 rings (SSSR count). The van der Waals surface area contributed by atoms with Gasteiger partial charge in [-0.1, -0.05) is 18.2 Å². The highest BCUT2D eigenvalue weighted by atomic mass is 19.1. The van der Waals surface area contributed by atoms with Crippen LogP contribution in [0, 0.1) is 5.82 Å². The minimum atomic E-state index is -0.333. The molecule has 0 atom stereocenters. The number of benzene rings is 1. The third kappa shape index (κ3) is 1.91.